The molecular weight excluding hydrogens is 242 g/mol. The van der Waals surface area contributed by atoms with Gasteiger partial charge in [0.25, 0.3) is 0 Å². The second-order valence-corrected chi connectivity index (χ2v) is 3.47. The molecule has 4 heteroatoms. The molecule has 0 bridgehead atoms. The number of rotatable bonds is 9. The van der Waals surface area contributed by atoms with Gasteiger partial charge in [-0.25, -0.2) is 0 Å². The molecule has 0 saturated heterocycles. The minimum Gasteiger partial charge on any atom is -0.491 e. The Hall–Kier alpha value is -1.10. The van der Waals surface area contributed by atoms with Crippen molar-refractivity contribution >= 4 is 0 Å². The molecule has 1 aromatic rings. The predicted molar refractivity (Wildman–Crippen MR) is 76.7 cm³/mol. The molecule has 0 aromatic heterocycles. The van der Waals surface area contributed by atoms with Gasteiger partial charge in [0, 0.05) is 30.6 Å². The minimum absolute atomic E-state index is 0.146. The molecule has 0 spiro atoms. The fourth-order valence-electron chi connectivity index (χ4n) is 1.05. The molecule has 0 radical (unpaired) electrons. The van der Waals surface area contributed by atoms with Crippen molar-refractivity contribution in [3.05, 3.63) is 29.8 Å². The van der Waals surface area contributed by atoms with E-state index in [0.717, 1.165) is 38.3 Å². The Morgan fingerprint density at radius 2 is 2.21 bits per heavy atom. The molecule has 0 fully saturated rings. The first-order chi connectivity index (χ1) is 13.6. The average Bonchev–Trinajstić information content (AvgIpc) is 2.59. The van der Waals surface area contributed by atoms with E-state index in [1.54, 1.807) is 5.32 Å². The Morgan fingerprint density at radius 1 is 1.47 bits per heavy atom. The highest BCUT2D eigenvalue weighted by atomic mass is 16.5. The maximum atomic E-state index is 10.2. The van der Waals surface area contributed by atoms with Crippen LogP contribution >= 0.6 is 0 Å². The summed E-state index contributed by atoms with van der Waals surface area (Å²) in [4.78, 5) is 0. The molecule has 0 aliphatic heterocycles. The molecule has 1 rings (SSSR count). The van der Waals surface area contributed by atoms with Gasteiger partial charge in [0.1, 0.15) is 18.4 Å². The Labute approximate surface area is 132 Å². The second-order valence-electron chi connectivity index (χ2n) is 3.47. The Bertz CT molecular complexity index is 749. The lowest BCUT2D eigenvalue weighted by atomic mass is 10.1. The summed E-state index contributed by atoms with van der Waals surface area (Å²) >= 11 is 0. The van der Waals surface area contributed by atoms with Gasteiger partial charge >= 0.3 is 0 Å². The molecule has 0 saturated carbocycles. The molecular formula is C15H25NO3. The standard InChI is InChI=1S/C15H25NO3/c1-12(2)16-10-14(17)11-19-15-6-4-13(5-7-15)8-9-18-3/h4-7,12,14,16-17H,8-11H2,1-3H3/i1D3,8D2,9D2,10D2,11D2,12D. The van der Waals surface area contributed by atoms with E-state index in [0.29, 0.717) is 0 Å². The van der Waals surface area contributed by atoms with Crippen LogP contribution in [0.1, 0.15) is 35.8 Å². The third-order valence-electron chi connectivity index (χ3n) is 1.84. The van der Waals surface area contributed by atoms with Crippen molar-refractivity contribution in [3.63, 3.8) is 0 Å². The number of aliphatic hydroxyl groups is 1. The highest BCUT2D eigenvalue weighted by molar-refractivity contribution is 5.27. The Morgan fingerprint density at radius 3 is 2.84 bits per heavy atom. The van der Waals surface area contributed by atoms with Crippen LogP contribution in [0.5, 0.6) is 5.75 Å². The van der Waals surface area contributed by atoms with Gasteiger partial charge in [0.15, 0.2) is 0 Å². The van der Waals surface area contributed by atoms with Crippen LogP contribution in [-0.2, 0) is 11.1 Å². The molecule has 2 atom stereocenters. The van der Waals surface area contributed by atoms with Crippen LogP contribution in [0.3, 0.4) is 0 Å². The first-order valence-corrected chi connectivity index (χ1v) is 5.43. The lowest BCUT2D eigenvalue weighted by Gasteiger charge is -2.15. The van der Waals surface area contributed by atoms with Crippen molar-refractivity contribution in [2.75, 3.05) is 26.7 Å². The quantitative estimate of drug-likeness (QED) is 0.721. The molecule has 0 aliphatic rings. The number of ether oxygens (including phenoxy) is 2. The second kappa shape index (κ2) is 8.91. The van der Waals surface area contributed by atoms with Crippen molar-refractivity contribution in [1.29, 1.82) is 0 Å². The van der Waals surface area contributed by atoms with Crippen molar-refractivity contribution < 1.29 is 31.0 Å². The highest BCUT2D eigenvalue weighted by Gasteiger charge is 2.05. The van der Waals surface area contributed by atoms with Crippen molar-refractivity contribution in [1.82, 2.24) is 5.32 Å². The number of methoxy groups -OCH3 is 1. The van der Waals surface area contributed by atoms with Crippen molar-refractivity contribution in [3.8, 4) is 5.75 Å². The third kappa shape index (κ3) is 7.15. The van der Waals surface area contributed by atoms with Gasteiger partial charge in [-0.15, -0.1) is 0 Å². The molecule has 19 heavy (non-hydrogen) atoms. The van der Waals surface area contributed by atoms with E-state index in [1.165, 1.54) is 0 Å². The van der Waals surface area contributed by atoms with Crippen LogP contribution in [0.15, 0.2) is 24.3 Å². The third-order valence-corrected chi connectivity index (χ3v) is 1.84. The van der Waals surface area contributed by atoms with Gasteiger partial charge in [-0.2, -0.15) is 0 Å². The van der Waals surface area contributed by atoms with Gasteiger partial charge in [-0.05, 0) is 24.1 Å². The normalized spacial score (nSPS) is 28.8. The molecule has 2 unspecified atom stereocenters. The summed E-state index contributed by atoms with van der Waals surface area (Å²) in [6.07, 6.45) is -5.13. The molecule has 1 aromatic carbocycles. The van der Waals surface area contributed by atoms with E-state index < -0.39 is 45.0 Å². The van der Waals surface area contributed by atoms with Gasteiger partial charge in [0.2, 0.25) is 0 Å². The lowest BCUT2D eigenvalue weighted by Crippen LogP contribution is -2.35. The van der Waals surface area contributed by atoms with E-state index in [4.69, 9.17) is 21.2 Å². The summed E-state index contributed by atoms with van der Waals surface area (Å²) < 4.78 is 101. The summed E-state index contributed by atoms with van der Waals surface area (Å²) in [6.45, 7) is -11.0. The summed E-state index contributed by atoms with van der Waals surface area (Å²) in [5.74, 6) is -0.248. The fourth-order valence-corrected chi connectivity index (χ4v) is 1.05. The van der Waals surface area contributed by atoms with Gasteiger partial charge in [-0.1, -0.05) is 25.9 Å². The van der Waals surface area contributed by atoms with Crippen LogP contribution in [0.4, 0.5) is 0 Å². The van der Waals surface area contributed by atoms with Gasteiger partial charge < -0.3 is 19.9 Å². The number of nitrogens with one attached hydrogen (secondary N) is 1. The fraction of sp³-hybridized carbons (Fsp3) is 0.600. The number of benzene rings is 1. The van der Waals surface area contributed by atoms with Crippen LogP contribution in [-0.4, -0.2) is 44.0 Å². The van der Waals surface area contributed by atoms with Gasteiger partial charge in [-0.3, -0.25) is 0 Å². The van der Waals surface area contributed by atoms with Crippen LogP contribution in [0.2, 0.25) is 0 Å². The number of aliphatic hydroxyl groups excluding tert-OH is 1. The molecule has 108 valence electrons. The molecule has 0 heterocycles. The topological polar surface area (TPSA) is 50.7 Å². The Kier molecular flexibility index (Phi) is 2.68. The monoisotopic (exact) mass is 279 g/mol. The smallest absolute Gasteiger partial charge is 0.119 e. The summed E-state index contributed by atoms with van der Waals surface area (Å²) in [5, 5.41) is 12.0. The lowest BCUT2D eigenvalue weighted by molar-refractivity contribution is 0.104. The molecule has 4 nitrogen and oxygen atoms in total. The average molecular weight is 279 g/mol. The zero-order valence-corrected chi connectivity index (χ0v) is 10.7. The zero-order valence-electron chi connectivity index (χ0n) is 22.7. The predicted octanol–water partition coefficient (Wildman–Crippen LogP) is 1.61. The molecule has 2 N–H and O–H groups in total. The SMILES string of the molecule is [2H]C([2H])(NC([2H])(C)C([2H])([2H])[2H])C(O)C([2H])([2H])Oc1ccc(C([2H])([2H])C([2H])([2H])OC)cc1. The van der Waals surface area contributed by atoms with Crippen LogP contribution in [0.25, 0.3) is 0 Å². The van der Waals surface area contributed by atoms with E-state index in [-0.39, 0.29) is 11.3 Å². The number of aryl methyl sites for hydroxylation is 1. The van der Waals surface area contributed by atoms with Crippen LogP contribution in [0, 0.1) is 0 Å². The van der Waals surface area contributed by atoms with E-state index in [1.807, 2.05) is 0 Å². The largest absolute Gasteiger partial charge is 0.491 e. The number of hydrogen-bond donors (Lipinski definition) is 2. The highest BCUT2D eigenvalue weighted by Crippen LogP contribution is 2.12. The maximum Gasteiger partial charge on any atom is 0.119 e. The van der Waals surface area contributed by atoms with E-state index >= 15 is 0 Å². The zero-order chi connectivity index (χ0) is 24.7. The Balaban J connectivity index is 3.06. The van der Waals surface area contributed by atoms with E-state index in [2.05, 4.69) is 4.74 Å². The summed E-state index contributed by atoms with van der Waals surface area (Å²) in [5.41, 5.74) is -0.146. The van der Waals surface area contributed by atoms with Crippen molar-refractivity contribution in [2.45, 2.75) is 32.3 Å². The van der Waals surface area contributed by atoms with Crippen LogP contribution < -0.4 is 10.1 Å². The molecule has 0 aliphatic carbocycles. The first-order valence-electron chi connectivity index (χ1n) is 11.4. The maximum absolute atomic E-state index is 10.2. The van der Waals surface area contributed by atoms with E-state index in [9.17, 15) is 5.11 Å². The summed E-state index contributed by atoms with van der Waals surface area (Å²) in [7, 11) is 1.00. The summed E-state index contributed by atoms with van der Waals surface area (Å²) in [6, 6.07) is 1.85. The van der Waals surface area contributed by atoms with Crippen molar-refractivity contribution in [2.24, 2.45) is 0 Å². The molecule has 0 amide bonds. The number of hydrogen-bond acceptors (Lipinski definition) is 4. The first kappa shape index (κ1) is 5.72. The van der Waals surface area contributed by atoms with Gasteiger partial charge in [0.05, 0.1) is 12.0 Å². The minimum atomic E-state index is -3.09.